The van der Waals surface area contributed by atoms with Crippen molar-refractivity contribution in [1.82, 2.24) is 19.5 Å². The normalized spacial score (nSPS) is 22.2. The van der Waals surface area contributed by atoms with Crippen LogP contribution in [0, 0.1) is 5.82 Å². The summed E-state index contributed by atoms with van der Waals surface area (Å²) in [6, 6.07) is 26.1. The number of anilines is 2. The van der Waals surface area contributed by atoms with Gasteiger partial charge in [0, 0.05) is 31.5 Å². The van der Waals surface area contributed by atoms with Gasteiger partial charge in [0.05, 0.1) is 12.9 Å². The maximum absolute atomic E-state index is 13.6. The van der Waals surface area contributed by atoms with E-state index in [4.69, 9.17) is 19.4 Å². The number of alkyl halides is 3. The summed E-state index contributed by atoms with van der Waals surface area (Å²) in [6.07, 6.45) is -9.85. The molecule has 3 N–H and O–H groups in total. The molecule has 11 nitrogen and oxygen atoms in total. The summed E-state index contributed by atoms with van der Waals surface area (Å²) < 4.78 is 65.2. The van der Waals surface area contributed by atoms with Crippen molar-refractivity contribution in [2.24, 2.45) is 0 Å². The van der Waals surface area contributed by atoms with Gasteiger partial charge in [-0.3, -0.25) is 4.57 Å². The highest BCUT2D eigenvalue weighted by atomic mass is 19.4. The van der Waals surface area contributed by atoms with Gasteiger partial charge < -0.3 is 29.9 Å². The van der Waals surface area contributed by atoms with E-state index in [1.807, 2.05) is 65.6 Å². The number of carbonyl (C=O) groups excluding carboxylic acids is 1. The summed E-state index contributed by atoms with van der Waals surface area (Å²) in [5.41, 5.74) is 3.43. The number of ether oxygens (including phenoxy) is 2. The van der Waals surface area contributed by atoms with Crippen LogP contribution in [0.25, 0.3) is 11.2 Å². The minimum absolute atomic E-state index is 0.0524. The number of rotatable bonds is 10. The molecule has 0 amide bonds. The lowest BCUT2D eigenvalue weighted by Crippen LogP contribution is -2.40. The molecule has 3 aromatic carbocycles. The summed E-state index contributed by atoms with van der Waals surface area (Å²) >= 11 is 0. The van der Waals surface area contributed by atoms with Crippen LogP contribution in [-0.4, -0.2) is 86.4 Å². The Hall–Kier alpha value is -5.12. The van der Waals surface area contributed by atoms with Crippen LogP contribution in [0.15, 0.2) is 91.3 Å². The van der Waals surface area contributed by atoms with Crippen LogP contribution in [0.5, 0.6) is 0 Å². The van der Waals surface area contributed by atoms with Gasteiger partial charge in [0.25, 0.3) is 0 Å². The first-order valence-electron chi connectivity index (χ1n) is 16.4. The fourth-order valence-electron chi connectivity index (χ4n) is 6.71. The quantitative estimate of drug-likeness (QED) is 0.136. The van der Waals surface area contributed by atoms with Crippen molar-refractivity contribution in [2.45, 2.75) is 49.0 Å². The van der Waals surface area contributed by atoms with Crippen LogP contribution in [0.3, 0.4) is 0 Å². The third-order valence-corrected chi connectivity index (χ3v) is 9.34. The van der Waals surface area contributed by atoms with E-state index in [1.165, 1.54) is 23.0 Å². The molecule has 5 atom stereocenters. The van der Waals surface area contributed by atoms with Gasteiger partial charge in [0.2, 0.25) is 5.95 Å². The first-order valence-corrected chi connectivity index (χ1v) is 16.4. The molecule has 4 heterocycles. The van der Waals surface area contributed by atoms with E-state index < -0.39 is 43.3 Å². The summed E-state index contributed by atoms with van der Waals surface area (Å²) in [6.45, 7) is 0.672. The fourth-order valence-corrected chi connectivity index (χ4v) is 6.71. The van der Waals surface area contributed by atoms with E-state index in [0.717, 1.165) is 23.1 Å². The Balaban J connectivity index is 1.27. The molecule has 2 aliphatic rings. The number of carbonyl (C=O) groups is 1. The van der Waals surface area contributed by atoms with Crippen LogP contribution >= 0.6 is 0 Å². The lowest BCUT2D eigenvalue weighted by Gasteiger charge is -2.23. The van der Waals surface area contributed by atoms with Crippen molar-refractivity contribution in [3.63, 3.8) is 0 Å². The van der Waals surface area contributed by atoms with Gasteiger partial charge in [-0.05, 0) is 35.2 Å². The summed E-state index contributed by atoms with van der Waals surface area (Å²) in [4.78, 5) is 28.0. The molecule has 2 saturated heterocycles. The highest BCUT2D eigenvalue weighted by molar-refractivity contribution is 5.84. The number of fused-ring (bicyclic) bond motifs is 1. The zero-order valence-corrected chi connectivity index (χ0v) is 27.0. The van der Waals surface area contributed by atoms with E-state index in [0.29, 0.717) is 25.5 Å². The van der Waals surface area contributed by atoms with Crippen LogP contribution in [0.2, 0.25) is 0 Å². The molecule has 0 aliphatic carbocycles. The maximum Gasteiger partial charge on any atom is 0.490 e. The molecule has 266 valence electrons. The molecule has 15 heteroatoms. The van der Waals surface area contributed by atoms with Crippen molar-refractivity contribution in [3.8, 4) is 0 Å². The third kappa shape index (κ3) is 7.09. The molecule has 0 unspecified atom stereocenters. The number of hydrogen-bond donors (Lipinski definition) is 3. The molecule has 0 bridgehead atoms. The van der Waals surface area contributed by atoms with Gasteiger partial charge in [-0.25, -0.2) is 14.2 Å². The van der Waals surface area contributed by atoms with Crippen molar-refractivity contribution in [3.05, 3.63) is 114 Å². The van der Waals surface area contributed by atoms with Gasteiger partial charge in [-0.1, -0.05) is 72.8 Å². The molecule has 0 spiro atoms. The number of nitrogens with zero attached hydrogens (tertiary/aromatic N) is 5. The number of nitrogens with one attached hydrogen (secondary N) is 1. The summed E-state index contributed by atoms with van der Waals surface area (Å²) in [5, 5.41) is 24.0. The average Bonchev–Trinajstić information content (AvgIpc) is 3.87. The molecule has 51 heavy (non-hydrogen) atoms. The Kier molecular flexibility index (Phi) is 9.59. The van der Waals surface area contributed by atoms with E-state index >= 15 is 0 Å². The van der Waals surface area contributed by atoms with Crippen LogP contribution in [0.4, 0.5) is 29.3 Å². The Morgan fingerprint density at radius 2 is 1.67 bits per heavy atom. The molecule has 0 saturated carbocycles. The Morgan fingerprint density at radius 1 is 1.00 bits per heavy atom. The van der Waals surface area contributed by atoms with Gasteiger partial charge in [-0.2, -0.15) is 23.1 Å². The number of esters is 1. The second kappa shape index (κ2) is 14.2. The highest BCUT2D eigenvalue weighted by Gasteiger charge is 2.51. The molecule has 5 aromatic rings. The van der Waals surface area contributed by atoms with E-state index in [1.54, 1.807) is 12.1 Å². The Morgan fingerprint density at radius 3 is 2.29 bits per heavy atom. The first-order chi connectivity index (χ1) is 24.6. The molecular formula is C36H34F4N6O5. The monoisotopic (exact) mass is 706 g/mol. The van der Waals surface area contributed by atoms with Crippen molar-refractivity contribution < 1.29 is 42.0 Å². The van der Waals surface area contributed by atoms with Crippen LogP contribution < -0.4 is 10.2 Å². The fraction of sp³-hybridized carbons (Fsp3) is 0.333. The molecule has 0 radical (unpaired) electrons. The number of imidazole rings is 1. The lowest BCUT2D eigenvalue weighted by molar-refractivity contribution is -0.211. The molecule has 2 aliphatic heterocycles. The number of aliphatic hydroxyl groups is 2. The van der Waals surface area contributed by atoms with Crippen molar-refractivity contribution >= 4 is 28.9 Å². The van der Waals surface area contributed by atoms with E-state index in [9.17, 15) is 32.6 Å². The van der Waals surface area contributed by atoms with Gasteiger partial charge in [0.15, 0.2) is 29.3 Å². The summed E-state index contributed by atoms with van der Waals surface area (Å²) in [7, 11) is 0. The highest BCUT2D eigenvalue weighted by Crippen LogP contribution is 2.37. The summed E-state index contributed by atoms with van der Waals surface area (Å²) in [5.74, 6) is -2.29. The lowest BCUT2D eigenvalue weighted by atomic mass is 9.91. The smallest absolute Gasteiger partial charge is 0.448 e. The van der Waals surface area contributed by atoms with Crippen LogP contribution in [0.1, 0.15) is 41.2 Å². The van der Waals surface area contributed by atoms with E-state index in [2.05, 4.69) is 10.3 Å². The minimum atomic E-state index is -5.34. The number of hydrogen-bond acceptors (Lipinski definition) is 10. The Labute approximate surface area is 289 Å². The first kappa shape index (κ1) is 34.3. The molecule has 2 fully saturated rings. The number of aliphatic hydroxyl groups excluding tert-OH is 2. The zero-order valence-electron chi connectivity index (χ0n) is 27.0. The second-order valence-electron chi connectivity index (χ2n) is 12.5. The van der Waals surface area contributed by atoms with Crippen molar-refractivity contribution in [1.29, 1.82) is 0 Å². The topological polar surface area (TPSA) is 135 Å². The predicted molar refractivity (Wildman–Crippen MR) is 177 cm³/mol. The van der Waals surface area contributed by atoms with Gasteiger partial charge >= 0.3 is 12.1 Å². The SMILES string of the molecule is O=C(O[C@@H]1[C@H](O)[C@@H](CO)O[C@H]1n1cnc2c(NCC(c3ccccc3)c3ccccc3)nc(N3CC[C@H](c4ccc(F)cc4)C3)nc21)C(F)(F)F. The Bertz CT molecular complexity index is 1930. The number of halogens is 4. The maximum atomic E-state index is 13.6. The largest absolute Gasteiger partial charge is 0.490 e. The second-order valence-corrected chi connectivity index (χ2v) is 12.5. The van der Waals surface area contributed by atoms with Crippen LogP contribution in [-0.2, 0) is 14.3 Å². The van der Waals surface area contributed by atoms with E-state index in [-0.39, 0.29) is 34.8 Å². The standard InChI is InChI=1S/C36H34F4N6O5/c37-25-13-11-21(12-14-25)24-15-16-45(18-24)35-43-31(41-17-26(22-7-3-1-4-8-22)23-9-5-2-6-10-23)28-32(44-35)46(20-42-28)33-30(29(48)27(19-47)50-33)51-34(49)36(38,39)40/h1-14,20,24,26-27,29-30,33,47-48H,15-19H2,(H,41,43,44)/t24-,27+,29+,30+,33+/m0/s1. The molecule has 2 aromatic heterocycles. The predicted octanol–water partition coefficient (Wildman–Crippen LogP) is 4.93. The van der Waals surface area contributed by atoms with Gasteiger partial charge in [0.1, 0.15) is 18.0 Å². The minimum Gasteiger partial charge on any atom is -0.448 e. The average molecular weight is 707 g/mol. The molecule has 7 rings (SSSR count). The van der Waals surface area contributed by atoms with Crippen molar-refractivity contribution in [2.75, 3.05) is 36.5 Å². The number of benzene rings is 3. The number of aromatic nitrogens is 4. The third-order valence-electron chi connectivity index (χ3n) is 9.34. The van der Waals surface area contributed by atoms with Gasteiger partial charge in [-0.15, -0.1) is 0 Å². The molecular weight excluding hydrogens is 672 g/mol. The zero-order chi connectivity index (χ0) is 35.7.